The maximum atomic E-state index is 11.3. The quantitative estimate of drug-likeness (QED) is 0.821. The molecule has 0 aromatic heterocycles. The number of aryl methyl sites for hydroxylation is 1. The molecule has 2 N–H and O–H groups in total. The smallest absolute Gasteiger partial charge is 0.337 e. The van der Waals surface area contributed by atoms with Crippen molar-refractivity contribution in [2.75, 3.05) is 11.6 Å². The number of carbonyl (C=O) groups is 1. The molecule has 0 bridgehead atoms. The van der Waals surface area contributed by atoms with E-state index in [1.165, 1.54) is 0 Å². The van der Waals surface area contributed by atoms with Crippen LogP contribution in [0.4, 0.5) is 11.4 Å². The van der Waals surface area contributed by atoms with Gasteiger partial charge in [-0.05, 0) is 37.4 Å². The monoisotopic (exact) mass is 273 g/mol. The molecule has 19 heavy (non-hydrogen) atoms. The van der Waals surface area contributed by atoms with E-state index in [1.54, 1.807) is 23.9 Å². The molecule has 0 fully saturated rings. The Morgan fingerprint density at radius 3 is 2.58 bits per heavy atom. The first-order valence-corrected chi connectivity index (χ1v) is 7.08. The molecule has 2 rings (SSSR count). The van der Waals surface area contributed by atoms with E-state index in [1.807, 2.05) is 43.5 Å². The highest BCUT2D eigenvalue weighted by molar-refractivity contribution is 7.98. The van der Waals surface area contributed by atoms with Gasteiger partial charge in [0.05, 0.1) is 16.9 Å². The Bertz CT molecular complexity index is 611. The van der Waals surface area contributed by atoms with E-state index in [2.05, 4.69) is 5.32 Å². The zero-order chi connectivity index (χ0) is 13.8. The summed E-state index contributed by atoms with van der Waals surface area (Å²) in [5.41, 5.74) is 2.75. The van der Waals surface area contributed by atoms with Crippen molar-refractivity contribution in [2.45, 2.75) is 11.8 Å². The van der Waals surface area contributed by atoms with Gasteiger partial charge in [-0.1, -0.05) is 23.8 Å². The van der Waals surface area contributed by atoms with E-state index in [9.17, 15) is 9.90 Å². The topological polar surface area (TPSA) is 49.3 Å². The van der Waals surface area contributed by atoms with Gasteiger partial charge >= 0.3 is 5.97 Å². The SMILES string of the molecule is CSc1ccccc1Nc1ccc(C)cc1C(=O)O. The van der Waals surface area contributed by atoms with Crippen molar-refractivity contribution in [3.63, 3.8) is 0 Å². The Balaban J connectivity index is 2.41. The summed E-state index contributed by atoms with van der Waals surface area (Å²) in [7, 11) is 0. The number of anilines is 2. The maximum Gasteiger partial charge on any atom is 0.337 e. The third kappa shape index (κ3) is 3.09. The highest BCUT2D eigenvalue weighted by Crippen LogP contribution is 2.29. The Morgan fingerprint density at radius 1 is 1.16 bits per heavy atom. The van der Waals surface area contributed by atoms with Gasteiger partial charge in [-0.3, -0.25) is 0 Å². The first-order valence-electron chi connectivity index (χ1n) is 5.86. The van der Waals surface area contributed by atoms with Crippen LogP contribution in [0, 0.1) is 6.92 Å². The zero-order valence-corrected chi connectivity index (χ0v) is 11.6. The zero-order valence-electron chi connectivity index (χ0n) is 10.8. The molecule has 0 amide bonds. The van der Waals surface area contributed by atoms with Gasteiger partial charge in [-0.2, -0.15) is 0 Å². The molecular weight excluding hydrogens is 258 g/mol. The fraction of sp³-hybridized carbons (Fsp3) is 0.133. The van der Waals surface area contributed by atoms with E-state index < -0.39 is 5.97 Å². The van der Waals surface area contributed by atoms with Crippen molar-refractivity contribution in [3.8, 4) is 0 Å². The number of hydrogen-bond acceptors (Lipinski definition) is 3. The van der Waals surface area contributed by atoms with Gasteiger partial charge in [0.1, 0.15) is 0 Å². The number of thioether (sulfide) groups is 1. The fourth-order valence-corrected chi connectivity index (χ4v) is 2.39. The van der Waals surface area contributed by atoms with Gasteiger partial charge in [-0.25, -0.2) is 4.79 Å². The highest BCUT2D eigenvalue weighted by atomic mass is 32.2. The molecule has 0 aliphatic rings. The normalized spacial score (nSPS) is 10.2. The van der Waals surface area contributed by atoms with Gasteiger partial charge in [-0.15, -0.1) is 11.8 Å². The number of para-hydroxylation sites is 1. The highest BCUT2D eigenvalue weighted by Gasteiger charge is 2.11. The summed E-state index contributed by atoms with van der Waals surface area (Å²) in [6, 6.07) is 13.2. The Morgan fingerprint density at radius 2 is 1.89 bits per heavy atom. The molecule has 0 aliphatic carbocycles. The van der Waals surface area contributed by atoms with Gasteiger partial charge in [0, 0.05) is 4.90 Å². The van der Waals surface area contributed by atoms with Crippen molar-refractivity contribution in [2.24, 2.45) is 0 Å². The predicted octanol–water partition coefficient (Wildman–Crippen LogP) is 4.16. The number of benzene rings is 2. The number of hydrogen-bond donors (Lipinski definition) is 2. The standard InChI is InChI=1S/C15H15NO2S/c1-10-7-8-12(11(9-10)15(17)18)16-13-5-3-4-6-14(13)19-2/h3-9,16H,1-2H3,(H,17,18). The van der Waals surface area contributed by atoms with Crippen LogP contribution in [0.15, 0.2) is 47.4 Å². The minimum absolute atomic E-state index is 0.288. The molecule has 4 heteroatoms. The van der Waals surface area contributed by atoms with Gasteiger partial charge in [0.25, 0.3) is 0 Å². The van der Waals surface area contributed by atoms with E-state index >= 15 is 0 Å². The maximum absolute atomic E-state index is 11.3. The third-order valence-electron chi connectivity index (χ3n) is 2.78. The number of carboxylic acids is 1. The average molecular weight is 273 g/mol. The molecule has 0 radical (unpaired) electrons. The minimum atomic E-state index is -0.923. The van der Waals surface area contributed by atoms with Gasteiger partial charge < -0.3 is 10.4 Å². The molecule has 0 spiro atoms. The Kier molecular flexibility index (Phi) is 4.12. The first kappa shape index (κ1) is 13.5. The summed E-state index contributed by atoms with van der Waals surface area (Å²) < 4.78 is 0. The van der Waals surface area contributed by atoms with E-state index in [0.29, 0.717) is 5.69 Å². The average Bonchev–Trinajstić information content (AvgIpc) is 2.41. The number of aromatic carboxylic acids is 1. The van der Waals surface area contributed by atoms with Crippen LogP contribution in [0.5, 0.6) is 0 Å². The van der Waals surface area contributed by atoms with Crippen LogP contribution in [0.2, 0.25) is 0 Å². The van der Waals surface area contributed by atoms with E-state index in [0.717, 1.165) is 16.1 Å². The van der Waals surface area contributed by atoms with Gasteiger partial charge in [0.2, 0.25) is 0 Å². The molecular formula is C15H15NO2S. The Labute approximate surface area is 116 Å². The summed E-state index contributed by atoms with van der Waals surface area (Å²) in [4.78, 5) is 12.4. The molecule has 0 atom stereocenters. The van der Waals surface area contributed by atoms with Crippen molar-refractivity contribution >= 4 is 29.1 Å². The second-order valence-corrected chi connectivity index (χ2v) is 5.03. The second-order valence-electron chi connectivity index (χ2n) is 4.18. The molecule has 2 aromatic rings. The summed E-state index contributed by atoms with van der Waals surface area (Å²) in [5, 5.41) is 12.4. The van der Waals surface area contributed by atoms with Crippen molar-refractivity contribution in [3.05, 3.63) is 53.6 Å². The fourth-order valence-electron chi connectivity index (χ4n) is 1.84. The van der Waals surface area contributed by atoms with Crippen LogP contribution >= 0.6 is 11.8 Å². The van der Waals surface area contributed by atoms with Crippen LogP contribution < -0.4 is 5.32 Å². The summed E-state index contributed by atoms with van der Waals surface area (Å²) in [5.74, 6) is -0.923. The second kappa shape index (κ2) is 5.80. The molecule has 98 valence electrons. The lowest BCUT2D eigenvalue weighted by Gasteiger charge is -2.13. The van der Waals surface area contributed by atoms with Crippen LogP contribution in [0.3, 0.4) is 0 Å². The molecule has 0 unspecified atom stereocenters. The molecule has 0 aliphatic heterocycles. The lowest BCUT2D eigenvalue weighted by Crippen LogP contribution is -2.03. The van der Waals surface area contributed by atoms with Crippen LogP contribution in [-0.2, 0) is 0 Å². The molecule has 0 saturated heterocycles. The number of rotatable bonds is 4. The lowest BCUT2D eigenvalue weighted by atomic mass is 10.1. The first-order chi connectivity index (χ1) is 9.11. The summed E-state index contributed by atoms with van der Waals surface area (Å²) in [6.45, 7) is 1.88. The minimum Gasteiger partial charge on any atom is -0.478 e. The summed E-state index contributed by atoms with van der Waals surface area (Å²) >= 11 is 1.62. The van der Waals surface area contributed by atoms with Crippen LogP contribution in [0.25, 0.3) is 0 Å². The van der Waals surface area contributed by atoms with E-state index in [4.69, 9.17) is 0 Å². The van der Waals surface area contributed by atoms with Crippen LogP contribution in [-0.4, -0.2) is 17.3 Å². The largest absolute Gasteiger partial charge is 0.478 e. The number of carboxylic acid groups (broad SMARTS) is 1. The van der Waals surface area contributed by atoms with Crippen molar-refractivity contribution < 1.29 is 9.90 Å². The van der Waals surface area contributed by atoms with Crippen molar-refractivity contribution in [1.29, 1.82) is 0 Å². The third-order valence-corrected chi connectivity index (χ3v) is 3.58. The lowest BCUT2D eigenvalue weighted by molar-refractivity contribution is 0.0698. The molecule has 0 saturated carbocycles. The molecule has 3 nitrogen and oxygen atoms in total. The molecule has 2 aromatic carbocycles. The predicted molar refractivity (Wildman–Crippen MR) is 79.6 cm³/mol. The Hall–Kier alpha value is -1.94. The number of nitrogens with one attached hydrogen (secondary N) is 1. The van der Waals surface area contributed by atoms with Gasteiger partial charge in [0.15, 0.2) is 0 Å². The molecule has 0 heterocycles. The summed E-state index contributed by atoms with van der Waals surface area (Å²) in [6.07, 6.45) is 1.99. The van der Waals surface area contributed by atoms with Crippen molar-refractivity contribution in [1.82, 2.24) is 0 Å². The van der Waals surface area contributed by atoms with E-state index in [-0.39, 0.29) is 5.56 Å². The van der Waals surface area contributed by atoms with Crippen LogP contribution in [0.1, 0.15) is 15.9 Å².